The van der Waals surface area contributed by atoms with Crippen LogP contribution in [-0.2, 0) is 11.2 Å². The Kier molecular flexibility index (Phi) is 4.83. The minimum atomic E-state index is 0.440. The standard InChI is InChI=1S/C17H25N3O2/c1-21-13-6-4-12(5-7-13)8-9-19-17(18)20-15-11-16-14(15)3-2-10-22-16/h4-7,14-16H,2-3,8-11H2,1H3,(H3,18,19,20). The van der Waals surface area contributed by atoms with E-state index in [4.69, 9.17) is 15.2 Å². The molecule has 5 heteroatoms. The number of methoxy groups -OCH3 is 1. The molecule has 0 spiro atoms. The highest BCUT2D eigenvalue weighted by atomic mass is 16.5. The molecule has 1 saturated heterocycles. The molecule has 0 amide bonds. The fourth-order valence-corrected chi connectivity index (χ4v) is 3.29. The maximum atomic E-state index is 5.99. The van der Waals surface area contributed by atoms with Gasteiger partial charge in [-0.3, -0.25) is 4.99 Å². The number of rotatable bonds is 5. The van der Waals surface area contributed by atoms with Gasteiger partial charge in [0.2, 0.25) is 0 Å². The summed E-state index contributed by atoms with van der Waals surface area (Å²) in [5, 5.41) is 3.35. The van der Waals surface area contributed by atoms with Gasteiger partial charge in [0.05, 0.1) is 13.2 Å². The van der Waals surface area contributed by atoms with Gasteiger partial charge in [0.15, 0.2) is 5.96 Å². The van der Waals surface area contributed by atoms with E-state index in [1.54, 1.807) is 7.11 Å². The SMILES string of the molecule is COc1ccc(CCN=C(N)NC2CC3OCCCC23)cc1. The van der Waals surface area contributed by atoms with Gasteiger partial charge in [0, 0.05) is 25.1 Å². The lowest BCUT2D eigenvalue weighted by molar-refractivity contribution is -0.0989. The predicted molar refractivity (Wildman–Crippen MR) is 87.2 cm³/mol. The van der Waals surface area contributed by atoms with E-state index in [0.29, 0.717) is 30.6 Å². The summed E-state index contributed by atoms with van der Waals surface area (Å²) < 4.78 is 10.9. The smallest absolute Gasteiger partial charge is 0.188 e. The predicted octanol–water partition coefficient (Wildman–Crippen LogP) is 1.71. The normalized spacial score (nSPS) is 27.7. The molecule has 1 aromatic carbocycles. The van der Waals surface area contributed by atoms with Crippen molar-refractivity contribution in [1.82, 2.24) is 5.32 Å². The van der Waals surface area contributed by atoms with Crippen molar-refractivity contribution >= 4 is 5.96 Å². The third kappa shape index (κ3) is 3.53. The average Bonchev–Trinajstić information content (AvgIpc) is 2.53. The molecule has 1 aliphatic heterocycles. The maximum absolute atomic E-state index is 5.99. The molecule has 3 rings (SSSR count). The van der Waals surface area contributed by atoms with Crippen LogP contribution in [0.5, 0.6) is 5.75 Å². The molecule has 0 aromatic heterocycles. The van der Waals surface area contributed by atoms with Gasteiger partial charge in [-0.1, -0.05) is 12.1 Å². The van der Waals surface area contributed by atoms with Crippen molar-refractivity contribution in [3.05, 3.63) is 29.8 Å². The number of nitrogens with two attached hydrogens (primary N) is 1. The van der Waals surface area contributed by atoms with Crippen LogP contribution >= 0.6 is 0 Å². The topological polar surface area (TPSA) is 68.9 Å². The van der Waals surface area contributed by atoms with Crippen LogP contribution in [0.4, 0.5) is 0 Å². The number of benzene rings is 1. The van der Waals surface area contributed by atoms with Crippen LogP contribution in [0.2, 0.25) is 0 Å². The summed E-state index contributed by atoms with van der Waals surface area (Å²) in [6.07, 6.45) is 4.78. The molecule has 0 bridgehead atoms. The van der Waals surface area contributed by atoms with Gasteiger partial charge in [0.25, 0.3) is 0 Å². The number of aliphatic imine (C=N–C) groups is 1. The fraction of sp³-hybridized carbons (Fsp3) is 0.588. The van der Waals surface area contributed by atoms with Crippen LogP contribution in [-0.4, -0.2) is 38.4 Å². The Labute approximate surface area is 131 Å². The number of guanidine groups is 1. The summed E-state index contributed by atoms with van der Waals surface area (Å²) in [4.78, 5) is 4.43. The van der Waals surface area contributed by atoms with Crippen LogP contribution in [0, 0.1) is 5.92 Å². The zero-order valence-corrected chi connectivity index (χ0v) is 13.1. The van der Waals surface area contributed by atoms with E-state index >= 15 is 0 Å². The van der Waals surface area contributed by atoms with Crippen molar-refractivity contribution in [1.29, 1.82) is 0 Å². The molecule has 2 fully saturated rings. The van der Waals surface area contributed by atoms with Gasteiger partial charge in [-0.15, -0.1) is 0 Å². The Hall–Kier alpha value is -1.75. The highest BCUT2D eigenvalue weighted by Crippen LogP contribution is 2.37. The van der Waals surface area contributed by atoms with Crippen molar-refractivity contribution in [3.8, 4) is 5.75 Å². The number of nitrogens with zero attached hydrogens (tertiary/aromatic N) is 1. The van der Waals surface area contributed by atoms with Crippen molar-refractivity contribution in [2.24, 2.45) is 16.6 Å². The average molecular weight is 303 g/mol. The number of hydrogen-bond acceptors (Lipinski definition) is 3. The van der Waals surface area contributed by atoms with Crippen molar-refractivity contribution < 1.29 is 9.47 Å². The highest BCUT2D eigenvalue weighted by molar-refractivity contribution is 5.78. The van der Waals surface area contributed by atoms with Crippen molar-refractivity contribution in [2.75, 3.05) is 20.3 Å². The van der Waals surface area contributed by atoms with Crippen LogP contribution < -0.4 is 15.8 Å². The summed E-state index contributed by atoms with van der Waals surface area (Å²) >= 11 is 0. The number of hydrogen-bond donors (Lipinski definition) is 2. The third-order valence-electron chi connectivity index (χ3n) is 4.67. The zero-order chi connectivity index (χ0) is 15.4. The Balaban J connectivity index is 1.42. The molecule has 1 aliphatic carbocycles. The molecule has 1 aromatic rings. The van der Waals surface area contributed by atoms with Gasteiger partial charge in [-0.05, 0) is 43.4 Å². The van der Waals surface area contributed by atoms with E-state index in [0.717, 1.165) is 31.6 Å². The van der Waals surface area contributed by atoms with Crippen molar-refractivity contribution in [3.63, 3.8) is 0 Å². The summed E-state index contributed by atoms with van der Waals surface area (Å²) in [7, 11) is 1.67. The Morgan fingerprint density at radius 3 is 2.95 bits per heavy atom. The Bertz CT molecular complexity index is 515. The molecule has 1 saturated carbocycles. The minimum absolute atomic E-state index is 0.440. The van der Waals surface area contributed by atoms with E-state index in [9.17, 15) is 0 Å². The van der Waals surface area contributed by atoms with Crippen LogP contribution in [0.15, 0.2) is 29.3 Å². The molecule has 2 aliphatic rings. The first kappa shape index (κ1) is 15.2. The summed E-state index contributed by atoms with van der Waals surface area (Å²) in [6.45, 7) is 1.61. The Morgan fingerprint density at radius 1 is 1.41 bits per heavy atom. The molecular formula is C17H25N3O2. The summed E-state index contributed by atoms with van der Waals surface area (Å²) in [5.41, 5.74) is 7.23. The van der Waals surface area contributed by atoms with E-state index in [-0.39, 0.29) is 0 Å². The van der Waals surface area contributed by atoms with Gasteiger partial charge >= 0.3 is 0 Å². The third-order valence-corrected chi connectivity index (χ3v) is 4.67. The molecule has 3 atom stereocenters. The minimum Gasteiger partial charge on any atom is -0.497 e. The quantitative estimate of drug-likeness (QED) is 0.642. The van der Waals surface area contributed by atoms with Gasteiger partial charge in [-0.25, -0.2) is 0 Å². The first-order valence-electron chi connectivity index (χ1n) is 8.07. The Morgan fingerprint density at radius 2 is 2.23 bits per heavy atom. The lowest BCUT2D eigenvalue weighted by Crippen LogP contribution is -2.59. The molecule has 3 N–H and O–H groups in total. The molecule has 0 radical (unpaired) electrons. The molecule has 22 heavy (non-hydrogen) atoms. The highest BCUT2D eigenvalue weighted by Gasteiger charge is 2.43. The van der Waals surface area contributed by atoms with Gasteiger partial charge < -0.3 is 20.5 Å². The molecule has 1 heterocycles. The van der Waals surface area contributed by atoms with E-state index in [1.165, 1.54) is 12.0 Å². The van der Waals surface area contributed by atoms with E-state index in [1.807, 2.05) is 12.1 Å². The molecule has 5 nitrogen and oxygen atoms in total. The van der Waals surface area contributed by atoms with Crippen LogP contribution in [0.3, 0.4) is 0 Å². The number of ether oxygens (including phenoxy) is 2. The second kappa shape index (κ2) is 7.01. The molecule has 120 valence electrons. The molecule has 3 unspecified atom stereocenters. The molecular weight excluding hydrogens is 278 g/mol. The maximum Gasteiger partial charge on any atom is 0.188 e. The van der Waals surface area contributed by atoms with Crippen LogP contribution in [0.1, 0.15) is 24.8 Å². The second-order valence-corrected chi connectivity index (χ2v) is 6.07. The lowest BCUT2D eigenvalue weighted by atomic mass is 9.72. The first-order chi connectivity index (χ1) is 10.8. The number of fused-ring (bicyclic) bond motifs is 1. The number of nitrogens with one attached hydrogen (secondary N) is 1. The van der Waals surface area contributed by atoms with Crippen LogP contribution in [0.25, 0.3) is 0 Å². The van der Waals surface area contributed by atoms with E-state index in [2.05, 4.69) is 22.4 Å². The van der Waals surface area contributed by atoms with E-state index < -0.39 is 0 Å². The first-order valence-corrected chi connectivity index (χ1v) is 8.07. The van der Waals surface area contributed by atoms with Crippen molar-refractivity contribution in [2.45, 2.75) is 37.8 Å². The zero-order valence-electron chi connectivity index (χ0n) is 13.1. The van der Waals surface area contributed by atoms with Gasteiger partial charge in [0.1, 0.15) is 5.75 Å². The monoisotopic (exact) mass is 303 g/mol. The van der Waals surface area contributed by atoms with Gasteiger partial charge in [-0.2, -0.15) is 0 Å². The fourth-order valence-electron chi connectivity index (χ4n) is 3.29. The summed E-state index contributed by atoms with van der Waals surface area (Å²) in [5.74, 6) is 2.05. The second-order valence-electron chi connectivity index (χ2n) is 6.07. The lowest BCUT2D eigenvalue weighted by Gasteiger charge is -2.47. The summed E-state index contributed by atoms with van der Waals surface area (Å²) in [6, 6.07) is 8.51. The largest absolute Gasteiger partial charge is 0.497 e.